The van der Waals surface area contributed by atoms with Crippen molar-refractivity contribution in [2.24, 2.45) is 0 Å². The van der Waals surface area contributed by atoms with Gasteiger partial charge in [-0.25, -0.2) is 14.1 Å². The largest absolute Gasteiger partial charge is 0.457 e. The van der Waals surface area contributed by atoms with E-state index < -0.39 is 16.9 Å². The second-order valence-corrected chi connectivity index (χ2v) is 5.73. The van der Waals surface area contributed by atoms with Gasteiger partial charge in [0.15, 0.2) is 5.82 Å². The van der Waals surface area contributed by atoms with Crippen molar-refractivity contribution < 1.29 is 22.3 Å². The van der Waals surface area contributed by atoms with Crippen molar-refractivity contribution >= 4 is 11.3 Å². The Bertz CT molecular complexity index is 860. The molecule has 3 aromatic rings. The zero-order valence-electron chi connectivity index (χ0n) is 12.1. The first kappa shape index (κ1) is 16.3. The molecule has 0 saturated heterocycles. The lowest BCUT2D eigenvalue weighted by Crippen LogP contribution is -2.02. The predicted molar refractivity (Wildman–Crippen MR) is 75.3 cm³/mol. The molecular weight excluding hydrogens is 350 g/mol. The fourth-order valence-corrected chi connectivity index (χ4v) is 2.51. The van der Waals surface area contributed by atoms with E-state index in [1.54, 1.807) is 0 Å². The van der Waals surface area contributed by atoms with Crippen LogP contribution in [0.4, 0.5) is 17.6 Å². The van der Waals surface area contributed by atoms with E-state index in [4.69, 9.17) is 4.74 Å². The number of thiophene rings is 1. The van der Waals surface area contributed by atoms with Gasteiger partial charge in [-0.2, -0.15) is 18.2 Å². The van der Waals surface area contributed by atoms with Crippen LogP contribution in [-0.2, 0) is 12.8 Å². The van der Waals surface area contributed by atoms with Gasteiger partial charge in [0.25, 0.3) is 0 Å². The predicted octanol–water partition coefficient (Wildman–Crippen LogP) is 3.16. The summed E-state index contributed by atoms with van der Waals surface area (Å²) in [6, 6.07) is 2.26. The highest BCUT2D eigenvalue weighted by Crippen LogP contribution is 2.35. The number of hydrogen-bond donors (Lipinski definition) is 0. The Hall–Kier alpha value is -2.56. The molecule has 0 radical (unpaired) electrons. The molecule has 6 nitrogen and oxygen atoms in total. The Kier molecular flexibility index (Phi) is 4.18. The molecule has 11 heteroatoms. The summed E-state index contributed by atoms with van der Waals surface area (Å²) in [5, 5.41) is 7.83. The molecule has 3 aromatic heterocycles. The zero-order chi connectivity index (χ0) is 17.3. The third kappa shape index (κ3) is 3.50. The number of aromatic nitrogens is 5. The Morgan fingerprint density at radius 3 is 2.75 bits per heavy atom. The molecule has 0 atom stereocenters. The van der Waals surface area contributed by atoms with Crippen LogP contribution >= 0.6 is 11.3 Å². The summed E-state index contributed by atoms with van der Waals surface area (Å²) in [5.41, 5.74) is 0.504. The van der Waals surface area contributed by atoms with Crippen molar-refractivity contribution in [2.75, 3.05) is 0 Å². The maximum absolute atomic E-state index is 13.1. The summed E-state index contributed by atoms with van der Waals surface area (Å²) in [6.45, 7) is 1.41. The minimum absolute atomic E-state index is 0.0288. The lowest BCUT2D eigenvalue weighted by atomic mass is 10.4. The maximum Gasteiger partial charge on any atom is 0.425 e. The van der Waals surface area contributed by atoms with Crippen LogP contribution < -0.4 is 4.74 Å². The van der Waals surface area contributed by atoms with Crippen LogP contribution in [0.5, 0.6) is 6.01 Å². The fourth-order valence-electron chi connectivity index (χ4n) is 1.71. The van der Waals surface area contributed by atoms with Crippen LogP contribution in [0.15, 0.2) is 24.5 Å². The lowest BCUT2D eigenvalue weighted by Gasteiger charge is -2.02. The highest BCUT2D eigenvalue weighted by atomic mass is 32.1. The highest BCUT2D eigenvalue weighted by Gasteiger charge is 2.32. The Morgan fingerprint density at radius 2 is 2.08 bits per heavy atom. The summed E-state index contributed by atoms with van der Waals surface area (Å²) in [5.74, 6) is -0.550. The first-order valence-electron chi connectivity index (χ1n) is 6.53. The second-order valence-electron chi connectivity index (χ2n) is 4.66. The molecule has 0 bridgehead atoms. The van der Waals surface area contributed by atoms with E-state index in [1.807, 2.05) is 0 Å². The van der Waals surface area contributed by atoms with Crippen molar-refractivity contribution in [3.63, 3.8) is 0 Å². The van der Waals surface area contributed by atoms with Gasteiger partial charge in [-0.05, 0) is 19.1 Å². The molecule has 126 valence electrons. The fraction of sp³-hybridized carbons (Fsp3) is 0.231. The van der Waals surface area contributed by atoms with Gasteiger partial charge in [0.1, 0.15) is 22.2 Å². The van der Waals surface area contributed by atoms with Crippen LogP contribution in [0.2, 0.25) is 0 Å². The Morgan fingerprint density at radius 1 is 1.29 bits per heavy atom. The van der Waals surface area contributed by atoms with Crippen molar-refractivity contribution in [2.45, 2.75) is 19.7 Å². The third-order valence-corrected chi connectivity index (χ3v) is 4.00. The summed E-state index contributed by atoms with van der Waals surface area (Å²) < 4.78 is 57.3. The SMILES string of the molecule is Cc1nc(OCc2cn(-c3ccc(C(F)(F)F)s3)nn2)ncc1F. The lowest BCUT2D eigenvalue weighted by molar-refractivity contribution is -0.134. The van der Waals surface area contributed by atoms with Crippen molar-refractivity contribution in [3.8, 4) is 11.0 Å². The molecule has 0 unspecified atom stereocenters. The van der Waals surface area contributed by atoms with E-state index in [0.717, 1.165) is 12.3 Å². The Labute approximate surface area is 136 Å². The van der Waals surface area contributed by atoms with Crippen molar-refractivity contribution in [1.82, 2.24) is 25.0 Å². The number of ether oxygens (including phenoxy) is 1. The van der Waals surface area contributed by atoms with E-state index in [1.165, 1.54) is 23.9 Å². The normalized spacial score (nSPS) is 11.7. The van der Waals surface area contributed by atoms with Crippen molar-refractivity contribution in [1.29, 1.82) is 0 Å². The summed E-state index contributed by atoms with van der Waals surface area (Å²) >= 11 is 0.553. The van der Waals surface area contributed by atoms with Crippen LogP contribution in [0.3, 0.4) is 0 Å². The van der Waals surface area contributed by atoms with Crippen LogP contribution in [-0.4, -0.2) is 25.0 Å². The average Bonchev–Trinajstić information content (AvgIpc) is 3.16. The summed E-state index contributed by atoms with van der Waals surface area (Å²) in [7, 11) is 0. The minimum atomic E-state index is -4.40. The van der Waals surface area contributed by atoms with E-state index in [0.29, 0.717) is 17.0 Å². The average molecular weight is 359 g/mol. The number of hydrogen-bond acceptors (Lipinski definition) is 6. The smallest absolute Gasteiger partial charge is 0.425 e. The maximum atomic E-state index is 13.1. The van der Waals surface area contributed by atoms with Gasteiger partial charge >= 0.3 is 12.2 Å². The molecule has 3 heterocycles. The van der Waals surface area contributed by atoms with E-state index >= 15 is 0 Å². The molecule has 0 aliphatic rings. The van der Waals surface area contributed by atoms with Gasteiger partial charge in [0, 0.05) is 0 Å². The number of aryl methyl sites for hydroxylation is 1. The number of rotatable bonds is 4. The van der Waals surface area contributed by atoms with Crippen LogP contribution in [0, 0.1) is 12.7 Å². The molecule has 24 heavy (non-hydrogen) atoms. The van der Waals surface area contributed by atoms with E-state index in [2.05, 4.69) is 20.3 Å². The first-order chi connectivity index (χ1) is 11.3. The molecule has 3 rings (SSSR count). The minimum Gasteiger partial charge on any atom is -0.457 e. The van der Waals surface area contributed by atoms with Gasteiger partial charge in [0.2, 0.25) is 0 Å². The molecule has 0 saturated carbocycles. The van der Waals surface area contributed by atoms with Gasteiger partial charge in [-0.1, -0.05) is 5.21 Å². The molecule has 0 spiro atoms. The van der Waals surface area contributed by atoms with Gasteiger partial charge in [-0.3, -0.25) is 0 Å². The van der Waals surface area contributed by atoms with Crippen molar-refractivity contribution in [3.05, 3.63) is 46.6 Å². The van der Waals surface area contributed by atoms with Gasteiger partial charge < -0.3 is 4.74 Å². The first-order valence-corrected chi connectivity index (χ1v) is 7.35. The molecular formula is C13H9F4N5OS. The molecule has 0 aliphatic carbocycles. The number of alkyl halides is 3. The van der Waals surface area contributed by atoms with E-state index in [-0.39, 0.29) is 23.3 Å². The third-order valence-electron chi connectivity index (χ3n) is 2.88. The second kappa shape index (κ2) is 6.15. The topological polar surface area (TPSA) is 65.7 Å². The van der Waals surface area contributed by atoms with Crippen LogP contribution in [0.1, 0.15) is 16.3 Å². The molecule has 0 aliphatic heterocycles. The quantitative estimate of drug-likeness (QED) is 0.670. The number of nitrogens with zero attached hydrogens (tertiary/aromatic N) is 5. The highest BCUT2D eigenvalue weighted by molar-refractivity contribution is 7.14. The van der Waals surface area contributed by atoms with Gasteiger partial charge in [-0.15, -0.1) is 16.4 Å². The zero-order valence-corrected chi connectivity index (χ0v) is 12.9. The molecule has 0 N–H and O–H groups in total. The molecule has 0 fully saturated rings. The van der Waals surface area contributed by atoms with Crippen LogP contribution in [0.25, 0.3) is 5.00 Å². The molecule has 0 aromatic carbocycles. The molecule has 0 amide bonds. The van der Waals surface area contributed by atoms with Gasteiger partial charge in [0.05, 0.1) is 18.1 Å². The standard InChI is InChI=1S/C13H9F4N5OS/c1-7-9(14)4-18-12(19-7)23-6-8-5-22(21-20-8)11-3-2-10(24-11)13(15,16)17/h2-5H,6H2,1H3. The monoisotopic (exact) mass is 359 g/mol. The summed E-state index contributed by atoms with van der Waals surface area (Å²) in [4.78, 5) is 6.74. The Balaban J connectivity index is 1.69. The number of halogens is 4. The summed E-state index contributed by atoms with van der Waals surface area (Å²) in [6.07, 6.45) is -1.98. The van der Waals surface area contributed by atoms with E-state index in [9.17, 15) is 17.6 Å².